The molecule has 1 aliphatic heterocycles. The van der Waals surface area contributed by atoms with Crippen molar-refractivity contribution in [2.24, 2.45) is 0 Å². The van der Waals surface area contributed by atoms with E-state index in [4.69, 9.17) is 0 Å². The van der Waals surface area contributed by atoms with E-state index in [0.29, 0.717) is 6.47 Å². The first kappa shape index (κ1) is 14.4. The van der Waals surface area contributed by atoms with E-state index in [2.05, 4.69) is 26.3 Å². The SMILES string of the molecule is C1=C(c2cn[nH]c2)CCNC1.CC(C)(C)OC=O. The molecule has 18 heavy (non-hydrogen) atoms. The molecule has 0 unspecified atom stereocenters. The van der Waals surface area contributed by atoms with Crippen LogP contribution in [-0.2, 0) is 9.53 Å². The van der Waals surface area contributed by atoms with Crippen molar-refractivity contribution in [3.05, 3.63) is 24.0 Å². The van der Waals surface area contributed by atoms with Gasteiger partial charge < -0.3 is 10.1 Å². The highest BCUT2D eigenvalue weighted by Crippen LogP contribution is 2.17. The second-order valence-corrected chi connectivity index (χ2v) is 5.00. The van der Waals surface area contributed by atoms with Crippen LogP contribution < -0.4 is 5.32 Å². The summed E-state index contributed by atoms with van der Waals surface area (Å²) in [5.74, 6) is 0. The van der Waals surface area contributed by atoms with Gasteiger partial charge in [-0.15, -0.1) is 0 Å². The van der Waals surface area contributed by atoms with E-state index in [9.17, 15) is 4.79 Å². The molecule has 5 heteroatoms. The lowest BCUT2D eigenvalue weighted by molar-refractivity contribution is -0.138. The van der Waals surface area contributed by atoms with E-state index in [0.717, 1.165) is 19.5 Å². The molecule has 0 saturated carbocycles. The van der Waals surface area contributed by atoms with Gasteiger partial charge in [0.1, 0.15) is 5.60 Å². The largest absolute Gasteiger partial charge is 0.462 e. The number of rotatable bonds is 2. The fourth-order valence-electron chi connectivity index (χ4n) is 1.46. The zero-order chi connectivity index (χ0) is 13.4. The molecule has 1 aromatic rings. The highest BCUT2D eigenvalue weighted by Gasteiger charge is 2.07. The van der Waals surface area contributed by atoms with Crippen molar-refractivity contribution in [1.82, 2.24) is 15.5 Å². The molecule has 2 N–H and O–H groups in total. The van der Waals surface area contributed by atoms with E-state index >= 15 is 0 Å². The summed E-state index contributed by atoms with van der Waals surface area (Å²) in [5, 5.41) is 10.00. The molecule has 0 atom stereocenters. The average Bonchev–Trinajstić information content (AvgIpc) is 2.83. The van der Waals surface area contributed by atoms with Crippen molar-refractivity contribution in [2.75, 3.05) is 13.1 Å². The number of hydrogen-bond donors (Lipinski definition) is 2. The molecule has 0 radical (unpaired) electrons. The normalized spacial score (nSPS) is 15.2. The van der Waals surface area contributed by atoms with Crippen LogP contribution in [0.25, 0.3) is 5.57 Å². The van der Waals surface area contributed by atoms with Crippen molar-refractivity contribution >= 4 is 12.0 Å². The number of carbonyl (C=O) groups is 1. The van der Waals surface area contributed by atoms with Gasteiger partial charge in [0, 0.05) is 18.3 Å². The molecule has 0 spiro atoms. The third-order valence-corrected chi connectivity index (χ3v) is 2.33. The smallest absolute Gasteiger partial charge is 0.293 e. The number of nitrogens with one attached hydrogen (secondary N) is 2. The zero-order valence-electron chi connectivity index (χ0n) is 11.2. The van der Waals surface area contributed by atoms with Crippen LogP contribution in [0.4, 0.5) is 0 Å². The molecule has 2 heterocycles. The van der Waals surface area contributed by atoms with Crippen LogP contribution in [0, 0.1) is 0 Å². The Morgan fingerprint density at radius 1 is 1.44 bits per heavy atom. The van der Waals surface area contributed by atoms with Gasteiger partial charge in [-0.05, 0) is 39.3 Å². The maximum Gasteiger partial charge on any atom is 0.293 e. The van der Waals surface area contributed by atoms with Crippen molar-refractivity contribution in [3.63, 3.8) is 0 Å². The number of aromatic amines is 1. The van der Waals surface area contributed by atoms with E-state index in [1.807, 2.05) is 33.2 Å². The van der Waals surface area contributed by atoms with Crippen LogP contribution in [0.3, 0.4) is 0 Å². The lowest BCUT2D eigenvalue weighted by Crippen LogP contribution is -2.19. The molecule has 0 saturated heterocycles. The Hall–Kier alpha value is -1.62. The number of aromatic nitrogens is 2. The first-order valence-electron chi connectivity index (χ1n) is 6.03. The minimum Gasteiger partial charge on any atom is -0.462 e. The van der Waals surface area contributed by atoms with Gasteiger partial charge >= 0.3 is 0 Å². The van der Waals surface area contributed by atoms with Gasteiger partial charge in [0.25, 0.3) is 6.47 Å². The summed E-state index contributed by atoms with van der Waals surface area (Å²) < 4.78 is 4.55. The Balaban J connectivity index is 0.000000203. The number of ether oxygens (including phenoxy) is 1. The first-order chi connectivity index (χ1) is 8.53. The van der Waals surface area contributed by atoms with Gasteiger partial charge in [-0.1, -0.05) is 6.08 Å². The van der Waals surface area contributed by atoms with Crippen LogP contribution >= 0.6 is 0 Å². The molecule has 1 aromatic heterocycles. The van der Waals surface area contributed by atoms with Crippen LogP contribution in [0.1, 0.15) is 32.8 Å². The van der Waals surface area contributed by atoms with Crippen molar-refractivity contribution in [2.45, 2.75) is 32.8 Å². The molecule has 2 rings (SSSR count). The van der Waals surface area contributed by atoms with Gasteiger partial charge in [-0.3, -0.25) is 9.89 Å². The van der Waals surface area contributed by atoms with E-state index in [1.54, 1.807) is 0 Å². The molecule has 100 valence electrons. The lowest BCUT2D eigenvalue weighted by atomic mass is 10.0. The summed E-state index contributed by atoms with van der Waals surface area (Å²) in [6.45, 7) is 7.99. The standard InChI is InChI=1S/C8H11N3.C5H10O2/c1-3-9-4-2-7(1)8-5-10-11-6-8;1-5(2,3)7-4-6/h1,5-6,9H,2-4H2,(H,10,11);4H,1-3H3. The minimum atomic E-state index is -0.318. The average molecular weight is 251 g/mol. The summed E-state index contributed by atoms with van der Waals surface area (Å²) >= 11 is 0. The van der Waals surface area contributed by atoms with E-state index in [1.165, 1.54) is 11.1 Å². The summed E-state index contributed by atoms with van der Waals surface area (Å²) in [6, 6.07) is 0. The van der Waals surface area contributed by atoms with Crippen molar-refractivity contribution in [3.8, 4) is 0 Å². The zero-order valence-corrected chi connectivity index (χ0v) is 11.2. The number of hydrogen-bond acceptors (Lipinski definition) is 4. The minimum absolute atomic E-state index is 0.318. The van der Waals surface area contributed by atoms with Gasteiger partial charge in [0.2, 0.25) is 0 Å². The number of H-pyrrole nitrogens is 1. The van der Waals surface area contributed by atoms with Gasteiger partial charge in [-0.2, -0.15) is 5.10 Å². The molecule has 0 amide bonds. The molecule has 0 aliphatic carbocycles. The summed E-state index contributed by atoms with van der Waals surface area (Å²) in [4.78, 5) is 9.60. The second-order valence-electron chi connectivity index (χ2n) is 5.00. The molecule has 0 bridgehead atoms. The lowest BCUT2D eigenvalue weighted by Gasteiger charge is -2.14. The van der Waals surface area contributed by atoms with Crippen molar-refractivity contribution < 1.29 is 9.53 Å². The number of nitrogens with zero attached hydrogens (tertiary/aromatic N) is 1. The van der Waals surface area contributed by atoms with Crippen molar-refractivity contribution in [1.29, 1.82) is 0 Å². The van der Waals surface area contributed by atoms with Gasteiger partial charge in [-0.25, -0.2) is 0 Å². The topological polar surface area (TPSA) is 67.0 Å². The summed E-state index contributed by atoms with van der Waals surface area (Å²) in [7, 11) is 0. The Morgan fingerprint density at radius 2 is 2.22 bits per heavy atom. The van der Waals surface area contributed by atoms with E-state index in [-0.39, 0.29) is 5.60 Å². The van der Waals surface area contributed by atoms with Crippen LogP contribution in [0.5, 0.6) is 0 Å². The van der Waals surface area contributed by atoms with Gasteiger partial charge in [0.05, 0.1) is 6.20 Å². The summed E-state index contributed by atoms with van der Waals surface area (Å²) in [6.07, 6.45) is 7.14. The fourth-order valence-corrected chi connectivity index (χ4v) is 1.46. The molecular weight excluding hydrogens is 230 g/mol. The molecule has 0 aromatic carbocycles. The summed E-state index contributed by atoms with van der Waals surface area (Å²) in [5.41, 5.74) is 2.31. The predicted molar refractivity (Wildman–Crippen MR) is 71.0 cm³/mol. The Labute approximate surface area is 108 Å². The fraction of sp³-hybridized carbons (Fsp3) is 0.538. The van der Waals surface area contributed by atoms with E-state index < -0.39 is 0 Å². The monoisotopic (exact) mass is 251 g/mol. The van der Waals surface area contributed by atoms with Crippen LogP contribution in [0.15, 0.2) is 18.5 Å². The quantitative estimate of drug-likeness (QED) is 0.786. The number of carbonyl (C=O) groups excluding carboxylic acids is 1. The van der Waals surface area contributed by atoms with Crippen LogP contribution in [-0.4, -0.2) is 35.4 Å². The maximum absolute atomic E-state index is 9.60. The van der Waals surface area contributed by atoms with Gasteiger partial charge in [0.15, 0.2) is 0 Å². The van der Waals surface area contributed by atoms with Crippen LogP contribution in [0.2, 0.25) is 0 Å². The Morgan fingerprint density at radius 3 is 2.61 bits per heavy atom. The molecule has 0 fully saturated rings. The Bertz CT molecular complexity index is 377. The third kappa shape index (κ3) is 5.63. The molecule has 1 aliphatic rings. The first-order valence-corrected chi connectivity index (χ1v) is 6.03. The predicted octanol–water partition coefficient (Wildman–Crippen LogP) is 1.74. The highest BCUT2D eigenvalue weighted by atomic mass is 16.5. The maximum atomic E-state index is 9.60. The third-order valence-electron chi connectivity index (χ3n) is 2.33. The highest BCUT2D eigenvalue weighted by molar-refractivity contribution is 5.65. The molecular formula is C13H21N3O2. The molecule has 5 nitrogen and oxygen atoms in total. The Kier molecular flexibility index (Phi) is 5.58. The second kappa shape index (κ2) is 6.96.